The van der Waals surface area contributed by atoms with Crippen LogP contribution >= 0.6 is 0 Å². The Morgan fingerprint density at radius 3 is 1.46 bits per heavy atom. The molecule has 0 radical (unpaired) electrons. The summed E-state index contributed by atoms with van der Waals surface area (Å²) in [4.78, 5) is 0. The van der Waals surface area contributed by atoms with E-state index >= 15 is 0 Å². The molecule has 5 rings (SSSR count). The van der Waals surface area contributed by atoms with E-state index in [0.717, 1.165) is 0 Å². The van der Waals surface area contributed by atoms with Crippen molar-refractivity contribution in [3.05, 3.63) is 0 Å². The summed E-state index contributed by atoms with van der Waals surface area (Å²) in [6.45, 7) is -2.70. The summed E-state index contributed by atoms with van der Waals surface area (Å²) in [7, 11) is 0. The minimum absolute atomic E-state index is 0.409. The van der Waals surface area contributed by atoms with Crippen molar-refractivity contribution in [1.82, 2.24) is 0 Å². The largest absolute Gasteiger partial charge is 0.394 e. The summed E-state index contributed by atoms with van der Waals surface area (Å²) >= 11 is 0. The number of hydrogen-bond acceptors (Lipinski definition) is 21. The number of ether oxygens (including phenoxy) is 9. The van der Waals surface area contributed by atoms with Crippen LogP contribution in [-0.2, 0) is 42.6 Å². The van der Waals surface area contributed by atoms with Crippen LogP contribution in [0.3, 0.4) is 0 Å². The quantitative estimate of drug-likeness (QED) is 0.102. The Kier molecular flexibility index (Phi) is 12.2. The average Bonchev–Trinajstić information content (AvgIpc) is 3.47. The van der Waals surface area contributed by atoms with Crippen LogP contribution in [0.25, 0.3) is 0 Å². The van der Waals surface area contributed by atoms with E-state index in [-0.39, 0.29) is 0 Å². The van der Waals surface area contributed by atoms with Gasteiger partial charge in [-0.15, -0.1) is 0 Å². The van der Waals surface area contributed by atoms with Gasteiger partial charge >= 0.3 is 0 Å². The second kappa shape index (κ2) is 15.4. The molecule has 0 aromatic rings. The molecule has 0 bridgehead atoms. The zero-order valence-electron chi connectivity index (χ0n) is 24.1. The second-order valence-corrected chi connectivity index (χ2v) is 11.6. The van der Waals surface area contributed by atoms with Gasteiger partial charge in [0.05, 0.1) is 33.0 Å². The first-order valence-electron chi connectivity index (χ1n) is 14.7. The molecule has 12 N–H and O–H groups in total. The minimum atomic E-state index is -1.83. The molecule has 0 aromatic carbocycles. The third-order valence-corrected chi connectivity index (χ3v) is 8.48. The predicted octanol–water partition coefficient (Wildman–Crippen LogP) is -8.73. The van der Waals surface area contributed by atoms with Crippen LogP contribution in [0.15, 0.2) is 0 Å². The lowest BCUT2D eigenvalue weighted by Gasteiger charge is -2.45. The molecule has 5 heterocycles. The van der Waals surface area contributed by atoms with E-state index in [1.165, 1.54) is 0 Å². The number of hydrogen-bond donors (Lipinski definition) is 12. The topological polar surface area (TPSA) is 326 Å². The summed E-state index contributed by atoms with van der Waals surface area (Å²) in [5, 5.41) is 122. The molecule has 5 fully saturated rings. The number of rotatable bonds is 10. The first-order chi connectivity index (χ1) is 21.9. The van der Waals surface area contributed by atoms with Crippen molar-refractivity contribution in [2.75, 3.05) is 33.0 Å². The van der Waals surface area contributed by atoms with Gasteiger partial charge in [0.1, 0.15) is 91.6 Å². The molecule has 0 amide bonds. The molecule has 5 saturated heterocycles. The van der Waals surface area contributed by atoms with Crippen molar-refractivity contribution in [2.45, 2.75) is 123 Å². The molecule has 268 valence electrons. The van der Waals surface area contributed by atoms with Crippen LogP contribution in [0.5, 0.6) is 0 Å². The monoisotopic (exact) mass is 678 g/mol. The lowest BCUT2D eigenvalue weighted by Crippen LogP contribution is -2.63. The van der Waals surface area contributed by atoms with Crippen LogP contribution in [0.4, 0.5) is 0 Å². The summed E-state index contributed by atoms with van der Waals surface area (Å²) in [5.41, 5.74) is 0. The summed E-state index contributed by atoms with van der Waals surface area (Å²) < 4.78 is 49.4. The average molecular weight is 679 g/mol. The summed E-state index contributed by atoms with van der Waals surface area (Å²) in [6, 6.07) is 0. The molecule has 5 aliphatic rings. The Bertz CT molecular complexity index is 965. The molecule has 20 atom stereocenters. The fraction of sp³-hybridized carbons (Fsp3) is 1.00. The fourth-order valence-corrected chi connectivity index (χ4v) is 5.73. The van der Waals surface area contributed by atoms with E-state index in [1.54, 1.807) is 0 Å². The third kappa shape index (κ3) is 7.35. The van der Waals surface area contributed by atoms with E-state index in [0.29, 0.717) is 0 Å². The summed E-state index contributed by atoms with van der Waals surface area (Å²) in [6.07, 6.45) is -31.2. The highest BCUT2D eigenvalue weighted by molar-refractivity contribution is 4.95. The van der Waals surface area contributed by atoms with Crippen molar-refractivity contribution in [1.29, 1.82) is 0 Å². The van der Waals surface area contributed by atoms with E-state index in [2.05, 4.69) is 0 Å². The molecular weight excluding hydrogens is 636 g/mol. The van der Waals surface area contributed by atoms with Gasteiger partial charge in [-0.05, 0) is 0 Å². The van der Waals surface area contributed by atoms with Crippen LogP contribution < -0.4 is 0 Å². The maximum atomic E-state index is 11.3. The Morgan fingerprint density at radius 2 is 0.913 bits per heavy atom. The van der Waals surface area contributed by atoms with Gasteiger partial charge in [0, 0.05) is 0 Å². The van der Waals surface area contributed by atoms with Gasteiger partial charge in [-0.25, -0.2) is 0 Å². The van der Waals surface area contributed by atoms with Crippen LogP contribution in [0.1, 0.15) is 0 Å². The fourth-order valence-electron chi connectivity index (χ4n) is 5.73. The van der Waals surface area contributed by atoms with E-state index < -0.39 is 156 Å². The third-order valence-electron chi connectivity index (χ3n) is 8.48. The molecule has 0 aromatic heterocycles. The van der Waals surface area contributed by atoms with Crippen LogP contribution in [0.2, 0.25) is 0 Å². The van der Waals surface area contributed by atoms with Crippen LogP contribution in [0, 0.1) is 0 Å². The molecular formula is C25H42O21. The van der Waals surface area contributed by atoms with Crippen molar-refractivity contribution < 1.29 is 104 Å². The maximum Gasteiger partial charge on any atom is 0.187 e. The SMILES string of the molecule is OC[C@@H]1O[C@@H](O[C@@H]2[C@@H](O)[C@H](O[C@@H]3CO[C@@H](O[C@@H]4COC(O)[C@H](O)[C@H]4O)[C@H](O)[C@H]3O[C@@H]3O[C@@H](CO)[C@H](O)[C@H]3O)OC[C@H]2O)[C@H](O)[C@H]1O. The molecule has 1 unspecified atom stereocenters. The lowest BCUT2D eigenvalue weighted by molar-refractivity contribution is -0.366. The second-order valence-electron chi connectivity index (χ2n) is 11.6. The molecule has 21 heteroatoms. The van der Waals surface area contributed by atoms with Crippen molar-refractivity contribution in [3.63, 3.8) is 0 Å². The van der Waals surface area contributed by atoms with Gasteiger partial charge in [0.2, 0.25) is 0 Å². The summed E-state index contributed by atoms with van der Waals surface area (Å²) in [5.74, 6) is 0. The van der Waals surface area contributed by atoms with E-state index in [1.807, 2.05) is 0 Å². The van der Waals surface area contributed by atoms with Crippen molar-refractivity contribution in [2.24, 2.45) is 0 Å². The van der Waals surface area contributed by atoms with Crippen LogP contribution in [-0.4, -0.2) is 217 Å². The number of aliphatic hydroxyl groups is 12. The van der Waals surface area contributed by atoms with Gasteiger partial charge in [-0.3, -0.25) is 0 Å². The zero-order chi connectivity index (χ0) is 33.4. The molecule has 0 aliphatic carbocycles. The van der Waals surface area contributed by atoms with E-state index in [9.17, 15) is 61.3 Å². The lowest BCUT2D eigenvalue weighted by atomic mass is 10.0. The van der Waals surface area contributed by atoms with Gasteiger partial charge in [0.25, 0.3) is 0 Å². The Labute approximate surface area is 260 Å². The van der Waals surface area contributed by atoms with E-state index in [4.69, 9.17) is 42.6 Å². The van der Waals surface area contributed by atoms with Gasteiger partial charge in [-0.2, -0.15) is 0 Å². The predicted molar refractivity (Wildman–Crippen MR) is 136 cm³/mol. The Hall–Kier alpha value is -0.840. The molecule has 46 heavy (non-hydrogen) atoms. The number of aliphatic hydroxyl groups excluding tert-OH is 12. The Balaban J connectivity index is 1.29. The Morgan fingerprint density at radius 1 is 0.435 bits per heavy atom. The highest BCUT2D eigenvalue weighted by Crippen LogP contribution is 2.33. The smallest absolute Gasteiger partial charge is 0.187 e. The minimum Gasteiger partial charge on any atom is -0.394 e. The van der Waals surface area contributed by atoms with Crippen molar-refractivity contribution >= 4 is 0 Å². The molecule has 0 saturated carbocycles. The van der Waals surface area contributed by atoms with Gasteiger partial charge in [-0.1, -0.05) is 0 Å². The standard InChI is InChI=1S/C25H42O21/c26-1-7-11(29)15(33)24(41-7)45-19-6(28)3-39-22(17(19)35)44-10-5-40-23(43-9-4-38-21(37)14(32)13(9)31)18(36)20(10)46-25-16(34)12(30)8(2-27)42-25/h6-37H,1-5H2/t6-,7+,8+,9-,10-,11+,12+,13+,14-,15-,16-,17-,18-,19+,20+,21?,22+,23+,24+,25+/m1/s1. The first-order valence-corrected chi connectivity index (χ1v) is 14.7. The highest BCUT2D eigenvalue weighted by Gasteiger charge is 2.53. The van der Waals surface area contributed by atoms with Crippen molar-refractivity contribution in [3.8, 4) is 0 Å². The van der Waals surface area contributed by atoms with Gasteiger partial charge < -0.3 is 104 Å². The molecule has 5 aliphatic heterocycles. The normalized spacial score (nSPS) is 53.5. The molecule has 0 spiro atoms. The maximum absolute atomic E-state index is 11.3. The first kappa shape index (κ1) is 36.4. The highest BCUT2D eigenvalue weighted by atomic mass is 16.8. The van der Waals surface area contributed by atoms with Gasteiger partial charge in [0.15, 0.2) is 31.5 Å². The zero-order valence-corrected chi connectivity index (χ0v) is 24.1. The molecule has 21 nitrogen and oxygen atoms in total.